The Morgan fingerprint density at radius 1 is 1.29 bits per heavy atom. The van der Waals surface area contributed by atoms with Gasteiger partial charge in [0.25, 0.3) is 0 Å². The molecule has 1 amide bonds. The molecule has 0 unspecified atom stereocenters. The van der Waals surface area contributed by atoms with Crippen LogP contribution in [0.4, 0.5) is 4.39 Å². The largest absolute Gasteiger partial charge is 0.467 e. The first kappa shape index (κ1) is 17.3. The van der Waals surface area contributed by atoms with Crippen molar-refractivity contribution in [1.29, 1.82) is 0 Å². The number of methoxy groups -OCH3 is 1. The minimum Gasteiger partial charge on any atom is -0.467 e. The molecule has 5 nitrogen and oxygen atoms in total. The van der Waals surface area contributed by atoms with E-state index >= 15 is 0 Å². The summed E-state index contributed by atoms with van der Waals surface area (Å²) < 4.78 is 17.8. The highest BCUT2D eigenvalue weighted by Crippen LogP contribution is 2.06. The topological polar surface area (TPSA) is 68.3 Å². The number of hydrogen-bond donors (Lipinski definition) is 1. The van der Waals surface area contributed by atoms with Crippen LogP contribution in [0.2, 0.25) is 0 Å². The number of hydrogen-bond acceptors (Lipinski definition) is 4. The minimum absolute atomic E-state index is 0.314. The number of esters is 1. The predicted molar refractivity (Wildman–Crippen MR) is 87.3 cm³/mol. The fraction of sp³-hybridized carbons (Fsp3) is 0.167. The van der Waals surface area contributed by atoms with Gasteiger partial charge in [-0.05, 0) is 23.3 Å². The van der Waals surface area contributed by atoms with Gasteiger partial charge in [0, 0.05) is 18.7 Å². The minimum atomic E-state index is -0.805. The Kier molecular flexibility index (Phi) is 6.19. The average molecular weight is 328 g/mol. The molecule has 0 saturated heterocycles. The SMILES string of the molecule is COC(=O)[C@H](Cc1ccccc1)NC(=O)C=Cc1cncc(F)c1. The van der Waals surface area contributed by atoms with Crippen molar-refractivity contribution in [2.75, 3.05) is 7.11 Å². The lowest BCUT2D eigenvalue weighted by atomic mass is 10.1. The molecule has 0 fully saturated rings. The Morgan fingerprint density at radius 2 is 2.04 bits per heavy atom. The third-order valence-electron chi connectivity index (χ3n) is 3.24. The van der Waals surface area contributed by atoms with Gasteiger partial charge in [0.15, 0.2) is 0 Å². The summed E-state index contributed by atoms with van der Waals surface area (Å²) in [6.45, 7) is 0. The molecule has 1 N–H and O–H groups in total. The first-order valence-electron chi connectivity index (χ1n) is 7.29. The van der Waals surface area contributed by atoms with E-state index in [1.165, 1.54) is 31.5 Å². The Labute approximate surface area is 139 Å². The maximum absolute atomic E-state index is 13.0. The lowest BCUT2D eigenvalue weighted by Crippen LogP contribution is -2.42. The molecule has 0 aliphatic carbocycles. The number of nitrogens with one attached hydrogen (secondary N) is 1. The Balaban J connectivity index is 2.03. The Morgan fingerprint density at radius 3 is 2.71 bits per heavy atom. The highest BCUT2D eigenvalue weighted by atomic mass is 19.1. The van der Waals surface area contributed by atoms with Gasteiger partial charge in [0.1, 0.15) is 11.9 Å². The van der Waals surface area contributed by atoms with Crippen molar-refractivity contribution in [1.82, 2.24) is 10.3 Å². The van der Waals surface area contributed by atoms with Crippen molar-refractivity contribution in [3.63, 3.8) is 0 Å². The maximum atomic E-state index is 13.0. The highest BCUT2D eigenvalue weighted by molar-refractivity contribution is 5.94. The van der Waals surface area contributed by atoms with Gasteiger partial charge >= 0.3 is 5.97 Å². The van der Waals surface area contributed by atoms with Crippen LogP contribution in [0.15, 0.2) is 54.9 Å². The third-order valence-corrected chi connectivity index (χ3v) is 3.24. The lowest BCUT2D eigenvalue weighted by molar-refractivity contribution is -0.144. The van der Waals surface area contributed by atoms with Gasteiger partial charge in [0.05, 0.1) is 13.3 Å². The van der Waals surface area contributed by atoms with Crippen LogP contribution in [-0.2, 0) is 20.7 Å². The fourth-order valence-electron chi connectivity index (χ4n) is 2.10. The van der Waals surface area contributed by atoms with E-state index in [9.17, 15) is 14.0 Å². The van der Waals surface area contributed by atoms with E-state index in [4.69, 9.17) is 4.74 Å². The first-order chi connectivity index (χ1) is 11.6. The van der Waals surface area contributed by atoms with Gasteiger partial charge in [0.2, 0.25) is 5.91 Å². The zero-order valence-corrected chi connectivity index (χ0v) is 13.1. The van der Waals surface area contributed by atoms with Crippen LogP contribution in [0.1, 0.15) is 11.1 Å². The molecule has 2 aromatic rings. The zero-order chi connectivity index (χ0) is 17.4. The molecule has 24 heavy (non-hydrogen) atoms. The molecule has 6 heteroatoms. The second kappa shape index (κ2) is 8.57. The standard InChI is InChI=1S/C18H17FN2O3/c1-24-18(23)16(10-13-5-3-2-4-6-13)21-17(22)8-7-14-9-15(19)12-20-11-14/h2-9,11-12,16H,10H2,1H3,(H,21,22)/t16-/m0/s1. The molecule has 1 heterocycles. The van der Waals surface area contributed by atoms with Crippen LogP contribution in [0.3, 0.4) is 0 Å². The number of carbonyl (C=O) groups excluding carboxylic acids is 2. The van der Waals surface area contributed by atoms with Crippen molar-refractivity contribution in [2.45, 2.75) is 12.5 Å². The van der Waals surface area contributed by atoms with Crippen molar-refractivity contribution in [3.05, 3.63) is 71.8 Å². The molecule has 0 aliphatic heterocycles. The molecule has 0 spiro atoms. The second-order valence-corrected chi connectivity index (χ2v) is 5.04. The van der Waals surface area contributed by atoms with E-state index in [1.807, 2.05) is 30.3 Å². The summed E-state index contributed by atoms with van der Waals surface area (Å²) in [5, 5.41) is 2.59. The number of amides is 1. The summed E-state index contributed by atoms with van der Waals surface area (Å²) in [5.74, 6) is -1.51. The molecule has 1 atom stereocenters. The Bertz CT molecular complexity index is 732. The fourth-order valence-corrected chi connectivity index (χ4v) is 2.10. The number of nitrogens with zero attached hydrogens (tertiary/aromatic N) is 1. The average Bonchev–Trinajstić information content (AvgIpc) is 2.59. The van der Waals surface area contributed by atoms with Crippen LogP contribution < -0.4 is 5.32 Å². The molecule has 1 aromatic heterocycles. The van der Waals surface area contributed by atoms with Crippen LogP contribution in [0.5, 0.6) is 0 Å². The summed E-state index contributed by atoms with van der Waals surface area (Å²) in [7, 11) is 1.26. The van der Waals surface area contributed by atoms with Crippen LogP contribution in [0.25, 0.3) is 6.08 Å². The zero-order valence-electron chi connectivity index (χ0n) is 13.1. The number of ether oxygens (including phenoxy) is 1. The second-order valence-electron chi connectivity index (χ2n) is 5.04. The van der Waals surface area contributed by atoms with Crippen molar-refractivity contribution in [3.8, 4) is 0 Å². The quantitative estimate of drug-likeness (QED) is 0.651. The summed E-state index contributed by atoms with van der Waals surface area (Å²) in [6, 6.07) is 9.72. The smallest absolute Gasteiger partial charge is 0.328 e. The van der Waals surface area contributed by atoms with Crippen molar-refractivity contribution >= 4 is 18.0 Å². The van der Waals surface area contributed by atoms with Crippen LogP contribution >= 0.6 is 0 Å². The van der Waals surface area contributed by atoms with Gasteiger partial charge in [-0.25, -0.2) is 9.18 Å². The number of aromatic nitrogens is 1. The number of carbonyl (C=O) groups is 2. The van der Waals surface area contributed by atoms with E-state index < -0.39 is 23.7 Å². The normalized spacial score (nSPS) is 11.9. The van der Waals surface area contributed by atoms with E-state index in [0.717, 1.165) is 11.8 Å². The first-order valence-corrected chi connectivity index (χ1v) is 7.29. The highest BCUT2D eigenvalue weighted by Gasteiger charge is 2.20. The molecular weight excluding hydrogens is 311 g/mol. The van der Waals surface area contributed by atoms with E-state index in [1.54, 1.807) is 0 Å². The number of rotatable bonds is 6. The lowest BCUT2D eigenvalue weighted by Gasteiger charge is -2.15. The number of benzene rings is 1. The molecule has 124 valence electrons. The molecule has 0 saturated carbocycles. The monoisotopic (exact) mass is 328 g/mol. The van der Waals surface area contributed by atoms with E-state index in [-0.39, 0.29) is 0 Å². The van der Waals surface area contributed by atoms with Gasteiger partial charge in [-0.2, -0.15) is 0 Å². The van der Waals surface area contributed by atoms with Gasteiger partial charge in [-0.1, -0.05) is 30.3 Å². The molecule has 0 bridgehead atoms. The van der Waals surface area contributed by atoms with Crippen molar-refractivity contribution < 1.29 is 18.7 Å². The molecular formula is C18H17FN2O3. The van der Waals surface area contributed by atoms with E-state index in [0.29, 0.717) is 12.0 Å². The maximum Gasteiger partial charge on any atom is 0.328 e. The van der Waals surface area contributed by atoms with Crippen LogP contribution in [0, 0.1) is 5.82 Å². The Hall–Kier alpha value is -3.02. The van der Waals surface area contributed by atoms with Crippen molar-refractivity contribution in [2.24, 2.45) is 0 Å². The molecule has 2 rings (SSSR count). The van der Waals surface area contributed by atoms with Crippen LogP contribution in [-0.4, -0.2) is 30.0 Å². The summed E-state index contributed by atoms with van der Waals surface area (Å²) >= 11 is 0. The number of halogens is 1. The molecule has 0 aliphatic rings. The third kappa shape index (κ3) is 5.31. The molecule has 1 aromatic carbocycles. The van der Waals surface area contributed by atoms with Gasteiger partial charge < -0.3 is 10.1 Å². The summed E-state index contributed by atoms with van der Waals surface area (Å²) in [6.07, 6.45) is 5.45. The van der Waals surface area contributed by atoms with Gasteiger partial charge in [-0.15, -0.1) is 0 Å². The van der Waals surface area contributed by atoms with Gasteiger partial charge in [-0.3, -0.25) is 9.78 Å². The summed E-state index contributed by atoms with van der Waals surface area (Å²) in [4.78, 5) is 27.5. The predicted octanol–water partition coefficient (Wildman–Crippen LogP) is 2.13. The molecule has 0 radical (unpaired) electrons. The summed E-state index contributed by atoms with van der Waals surface area (Å²) in [5.41, 5.74) is 1.34. The van der Waals surface area contributed by atoms with E-state index in [2.05, 4.69) is 10.3 Å². The number of pyridine rings is 1.